The molecule has 2 N–H and O–H groups in total. The van der Waals surface area contributed by atoms with Crippen molar-refractivity contribution in [1.29, 1.82) is 0 Å². The lowest BCUT2D eigenvalue weighted by molar-refractivity contribution is -0.137. The Labute approximate surface area is 113 Å². The number of nitrogen functional groups attached to an aromatic ring is 1. The van der Waals surface area contributed by atoms with Crippen LogP contribution in [0.1, 0.15) is 32.2 Å². The van der Waals surface area contributed by atoms with Crippen molar-refractivity contribution in [3.63, 3.8) is 0 Å². The van der Waals surface area contributed by atoms with E-state index in [9.17, 15) is 4.79 Å². The number of carbonyl (C=O) groups excluding carboxylic acids is 1. The summed E-state index contributed by atoms with van der Waals surface area (Å²) in [5.74, 6) is 0.637. The molecule has 1 amide bonds. The molecule has 19 heavy (non-hydrogen) atoms. The topological polar surface area (TPSA) is 73.4 Å². The zero-order chi connectivity index (χ0) is 13.7. The molecule has 0 saturated carbocycles. The number of carbonyl (C=O) groups is 1. The van der Waals surface area contributed by atoms with Gasteiger partial charge in [0, 0.05) is 25.9 Å². The molecule has 2 rings (SSSR count). The molecule has 1 aromatic heterocycles. The van der Waals surface area contributed by atoms with Gasteiger partial charge in [0.1, 0.15) is 12.4 Å². The van der Waals surface area contributed by atoms with E-state index in [0.717, 1.165) is 32.4 Å². The van der Waals surface area contributed by atoms with E-state index in [1.54, 1.807) is 6.07 Å². The summed E-state index contributed by atoms with van der Waals surface area (Å²) in [5.41, 5.74) is 5.62. The van der Waals surface area contributed by atoms with Crippen LogP contribution in [0.15, 0.2) is 12.3 Å². The molecule has 1 aliphatic rings. The number of nitrogens with two attached hydrogens (primary N) is 1. The molecule has 0 atom stereocenters. The summed E-state index contributed by atoms with van der Waals surface area (Å²) < 4.78 is 7.19. The van der Waals surface area contributed by atoms with Crippen molar-refractivity contribution < 1.29 is 9.53 Å². The first-order valence-corrected chi connectivity index (χ1v) is 6.87. The van der Waals surface area contributed by atoms with Gasteiger partial charge in [0.2, 0.25) is 5.91 Å². The summed E-state index contributed by atoms with van der Waals surface area (Å²) in [6.45, 7) is 4.41. The third-order valence-electron chi connectivity index (χ3n) is 3.39. The largest absolute Gasteiger partial charge is 0.382 e. The second-order valence-electron chi connectivity index (χ2n) is 4.89. The summed E-state index contributed by atoms with van der Waals surface area (Å²) in [4.78, 5) is 13.8. The molecule has 0 bridgehead atoms. The normalized spacial score (nSPS) is 16.8. The predicted octanol–water partition coefficient (Wildman–Crippen LogP) is 1.06. The van der Waals surface area contributed by atoms with Crippen LogP contribution >= 0.6 is 0 Å². The fourth-order valence-electron chi connectivity index (χ4n) is 2.33. The van der Waals surface area contributed by atoms with E-state index in [2.05, 4.69) is 5.10 Å². The van der Waals surface area contributed by atoms with Gasteiger partial charge in [-0.15, -0.1) is 0 Å². The molecule has 6 heteroatoms. The van der Waals surface area contributed by atoms with Crippen LogP contribution in [0, 0.1) is 0 Å². The summed E-state index contributed by atoms with van der Waals surface area (Å²) in [5, 5.41) is 4.23. The molecule has 1 fully saturated rings. The van der Waals surface area contributed by atoms with E-state index in [1.165, 1.54) is 0 Å². The lowest BCUT2D eigenvalue weighted by Crippen LogP contribution is -2.41. The number of amides is 1. The molecular formula is C13H22N4O2. The van der Waals surface area contributed by atoms with Crippen LogP contribution in [0.2, 0.25) is 0 Å². The molecular weight excluding hydrogens is 244 g/mol. The van der Waals surface area contributed by atoms with Gasteiger partial charge in [0.25, 0.3) is 0 Å². The fourth-order valence-corrected chi connectivity index (χ4v) is 2.33. The van der Waals surface area contributed by atoms with E-state index >= 15 is 0 Å². The van der Waals surface area contributed by atoms with Crippen LogP contribution in [0.25, 0.3) is 0 Å². The van der Waals surface area contributed by atoms with Crippen LogP contribution in [0.5, 0.6) is 0 Å². The maximum Gasteiger partial charge on any atom is 0.248 e. The first kappa shape index (κ1) is 13.9. The van der Waals surface area contributed by atoms with E-state index < -0.39 is 0 Å². The number of anilines is 1. The van der Waals surface area contributed by atoms with Gasteiger partial charge in [-0.2, -0.15) is 5.10 Å². The summed E-state index contributed by atoms with van der Waals surface area (Å²) >= 11 is 0. The first-order chi connectivity index (χ1) is 9.20. The molecule has 106 valence electrons. The number of piperidine rings is 1. The van der Waals surface area contributed by atoms with Crippen LogP contribution in [0.3, 0.4) is 0 Å². The van der Waals surface area contributed by atoms with Crippen molar-refractivity contribution in [3.8, 4) is 0 Å². The molecule has 2 heterocycles. The Morgan fingerprint density at radius 3 is 2.84 bits per heavy atom. The second-order valence-corrected chi connectivity index (χ2v) is 4.89. The standard InChI is InChI=1S/C13H22N4O2/c1-2-9-19-10-13(18)16-6-3-11(4-7-16)17-8-5-12(14)15-17/h5,8,11H,2-4,6-7,9-10H2,1H3,(H2,14,15). The van der Waals surface area contributed by atoms with E-state index in [-0.39, 0.29) is 12.5 Å². The number of likely N-dealkylation sites (tertiary alicyclic amines) is 1. The Morgan fingerprint density at radius 2 is 2.26 bits per heavy atom. The maximum atomic E-state index is 11.9. The summed E-state index contributed by atoms with van der Waals surface area (Å²) in [7, 11) is 0. The molecule has 0 aliphatic carbocycles. The molecule has 0 radical (unpaired) electrons. The number of aromatic nitrogens is 2. The number of rotatable bonds is 5. The lowest BCUT2D eigenvalue weighted by atomic mass is 10.1. The van der Waals surface area contributed by atoms with Crippen LogP contribution in [-0.4, -0.2) is 46.9 Å². The highest BCUT2D eigenvalue weighted by atomic mass is 16.5. The quantitative estimate of drug-likeness (QED) is 0.809. The number of ether oxygens (including phenoxy) is 1. The summed E-state index contributed by atoms with van der Waals surface area (Å²) in [6, 6.07) is 2.15. The SMILES string of the molecule is CCCOCC(=O)N1CCC(n2ccc(N)n2)CC1. The Kier molecular flexibility index (Phi) is 4.79. The van der Waals surface area contributed by atoms with Gasteiger partial charge >= 0.3 is 0 Å². The van der Waals surface area contributed by atoms with E-state index in [4.69, 9.17) is 10.5 Å². The van der Waals surface area contributed by atoms with Gasteiger partial charge in [-0.05, 0) is 25.3 Å². The van der Waals surface area contributed by atoms with Crippen molar-refractivity contribution >= 4 is 11.7 Å². The smallest absolute Gasteiger partial charge is 0.248 e. The van der Waals surface area contributed by atoms with Gasteiger partial charge in [-0.25, -0.2) is 0 Å². The van der Waals surface area contributed by atoms with Crippen molar-refractivity contribution in [1.82, 2.24) is 14.7 Å². The van der Waals surface area contributed by atoms with Gasteiger partial charge in [-0.3, -0.25) is 9.48 Å². The minimum absolute atomic E-state index is 0.0897. The molecule has 1 saturated heterocycles. The fraction of sp³-hybridized carbons (Fsp3) is 0.692. The average molecular weight is 266 g/mol. The Bertz CT molecular complexity index is 411. The van der Waals surface area contributed by atoms with E-state index in [0.29, 0.717) is 18.5 Å². The minimum atomic E-state index is 0.0897. The van der Waals surface area contributed by atoms with Crippen molar-refractivity contribution in [3.05, 3.63) is 12.3 Å². The van der Waals surface area contributed by atoms with Gasteiger partial charge in [-0.1, -0.05) is 6.92 Å². The Hall–Kier alpha value is -1.56. The highest BCUT2D eigenvalue weighted by Crippen LogP contribution is 2.22. The van der Waals surface area contributed by atoms with Crippen LogP contribution in [0.4, 0.5) is 5.82 Å². The third kappa shape index (κ3) is 3.70. The molecule has 1 aliphatic heterocycles. The lowest BCUT2D eigenvalue weighted by Gasteiger charge is -2.32. The van der Waals surface area contributed by atoms with Gasteiger partial charge < -0.3 is 15.4 Å². The molecule has 0 unspecified atom stereocenters. The second kappa shape index (κ2) is 6.56. The summed E-state index contributed by atoms with van der Waals surface area (Å²) in [6.07, 6.45) is 4.68. The van der Waals surface area contributed by atoms with Crippen LogP contribution < -0.4 is 5.73 Å². The molecule has 6 nitrogen and oxygen atoms in total. The first-order valence-electron chi connectivity index (χ1n) is 6.87. The zero-order valence-corrected chi connectivity index (χ0v) is 11.4. The number of nitrogens with zero attached hydrogens (tertiary/aromatic N) is 3. The highest BCUT2D eigenvalue weighted by molar-refractivity contribution is 5.77. The van der Waals surface area contributed by atoms with Gasteiger partial charge in [0.05, 0.1) is 6.04 Å². The Morgan fingerprint density at radius 1 is 1.53 bits per heavy atom. The third-order valence-corrected chi connectivity index (χ3v) is 3.39. The number of hydrogen-bond donors (Lipinski definition) is 1. The van der Waals surface area contributed by atoms with Gasteiger partial charge in [0.15, 0.2) is 0 Å². The predicted molar refractivity (Wildman–Crippen MR) is 72.6 cm³/mol. The average Bonchev–Trinajstić information content (AvgIpc) is 2.86. The van der Waals surface area contributed by atoms with Crippen molar-refractivity contribution in [2.45, 2.75) is 32.2 Å². The van der Waals surface area contributed by atoms with Crippen molar-refractivity contribution in [2.24, 2.45) is 0 Å². The monoisotopic (exact) mass is 266 g/mol. The highest BCUT2D eigenvalue weighted by Gasteiger charge is 2.24. The van der Waals surface area contributed by atoms with Crippen LogP contribution in [-0.2, 0) is 9.53 Å². The number of hydrogen-bond acceptors (Lipinski definition) is 4. The minimum Gasteiger partial charge on any atom is -0.382 e. The van der Waals surface area contributed by atoms with Crippen molar-refractivity contribution in [2.75, 3.05) is 32.0 Å². The Balaban J connectivity index is 1.77. The molecule has 1 aromatic rings. The van der Waals surface area contributed by atoms with E-state index in [1.807, 2.05) is 22.7 Å². The maximum absolute atomic E-state index is 11.9. The zero-order valence-electron chi connectivity index (χ0n) is 11.4. The molecule has 0 spiro atoms. The molecule has 0 aromatic carbocycles.